The number of quaternary nitrogens is 1. The molecule has 0 spiro atoms. The Bertz CT molecular complexity index is 927. The second-order valence-electron chi connectivity index (χ2n) is 12.5. The van der Waals surface area contributed by atoms with Gasteiger partial charge < -0.3 is 14.0 Å². The maximum absolute atomic E-state index is 12.5. The van der Waals surface area contributed by atoms with Crippen molar-refractivity contribution in [1.29, 1.82) is 0 Å². The van der Waals surface area contributed by atoms with Crippen molar-refractivity contribution < 1.29 is 18.8 Å². The van der Waals surface area contributed by atoms with Crippen molar-refractivity contribution in [2.75, 3.05) is 20.6 Å². The Hall–Kier alpha value is -2.33. The van der Waals surface area contributed by atoms with Gasteiger partial charge in [0, 0.05) is 18.4 Å². The van der Waals surface area contributed by atoms with Gasteiger partial charge in [-0.1, -0.05) is 127 Å². The van der Waals surface area contributed by atoms with E-state index < -0.39 is 6.29 Å². The van der Waals surface area contributed by atoms with Gasteiger partial charge in [-0.25, -0.2) is 0 Å². The van der Waals surface area contributed by atoms with Gasteiger partial charge in [-0.2, -0.15) is 0 Å². The molecule has 0 aliphatic carbocycles. The molecule has 4 nitrogen and oxygen atoms in total. The highest BCUT2D eigenvalue weighted by molar-refractivity contribution is 5.69. The van der Waals surface area contributed by atoms with E-state index in [4.69, 9.17) is 9.47 Å². The lowest BCUT2D eigenvalue weighted by Gasteiger charge is -2.30. The molecule has 0 heterocycles. The predicted molar refractivity (Wildman–Crippen MR) is 173 cm³/mol. The number of benzene rings is 2. The average Bonchev–Trinajstić information content (AvgIpc) is 2.96. The fraction of sp³-hybridized carbons (Fsp3) is 0.649. The van der Waals surface area contributed by atoms with Crippen molar-refractivity contribution in [3.05, 3.63) is 65.7 Å². The summed E-state index contributed by atoms with van der Waals surface area (Å²) >= 11 is 0. The number of hydrogen-bond donors (Lipinski definition) is 0. The van der Waals surface area contributed by atoms with Gasteiger partial charge in [0.25, 0.3) is 0 Å². The quantitative estimate of drug-likeness (QED) is 0.0549. The summed E-state index contributed by atoms with van der Waals surface area (Å²) < 4.78 is 12.7. The number of hydrogen-bond acceptors (Lipinski definition) is 3. The lowest BCUT2D eigenvalue weighted by atomic mass is 10.0. The Labute approximate surface area is 252 Å². The minimum Gasteiger partial charge on any atom is -0.455 e. The van der Waals surface area contributed by atoms with E-state index in [1.165, 1.54) is 88.2 Å². The topological polar surface area (TPSA) is 35.5 Å². The Morgan fingerprint density at radius 2 is 1.32 bits per heavy atom. The maximum atomic E-state index is 12.5. The second-order valence-corrected chi connectivity index (χ2v) is 12.5. The molecule has 1 unspecified atom stereocenters. The Morgan fingerprint density at radius 1 is 0.707 bits per heavy atom. The molecule has 4 heteroatoms. The molecule has 0 N–H and O–H groups in total. The zero-order chi connectivity index (χ0) is 29.6. The van der Waals surface area contributed by atoms with Crippen LogP contribution in [0.4, 0.5) is 0 Å². The molecule has 0 aliphatic heterocycles. The van der Waals surface area contributed by atoms with E-state index in [1.54, 1.807) is 0 Å². The second kappa shape index (κ2) is 21.4. The number of esters is 1. The number of unbranched alkanes of at least 4 members (excludes halogenated alkanes) is 12. The van der Waals surface area contributed by atoms with E-state index in [-0.39, 0.29) is 5.97 Å². The molecule has 0 aliphatic rings. The molecule has 2 aromatic rings. The van der Waals surface area contributed by atoms with E-state index in [9.17, 15) is 4.79 Å². The molecule has 0 bridgehead atoms. The normalized spacial score (nSPS) is 12.3. The molecule has 0 aromatic heterocycles. The average molecular weight is 567 g/mol. The molecule has 0 saturated heterocycles. The molecule has 0 radical (unpaired) electrons. The zero-order valence-corrected chi connectivity index (χ0v) is 26.9. The van der Waals surface area contributed by atoms with Gasteiger partial charge in [0.1, 0.15) is 12.3 Å². The summed E-state index contributed by atoms with van der Waals surface area (Å²) in [5.74, 6) is 0.624. The lowest BCUT2D eigenvalue weighted by Crippen LogP contribution is -2.39. The monoisotopic (exact) mass is 566 g/mol. The summed E-state index contributed by atoms with van der Waals surface area (Å²) in [6.45, 7) is 6.30. The van der Waals surface area contributed by atoms with E-state index >= 15 is 0 Å². The van der Waals surface area contributed by atoms with E-state index in [2.05, 4.69) is 69.6 Å². The fourth-order valence-electron chi connectivity index (χ4n) is 5.46. The molecule has 2 rings (SSSR count). The Balaban J connectivity index is 1.58. The number of ether oxygens (including phenoxy) is 2. The lowest BCUT2D eigenvalue weighted by molar-refractivity contribution is -0.903. The summed E-state index contributed by atoms with van der Waals surface area (Å²) in [5, 5.41) is 0. The van der Waals surface area contributed by atoms with Gasteiger partial charge >= 0.3 is 5.97 Å². The number of aryl methyl sites for hydroxylation is 1. The van der Waals surface area contributed by atoms with Crippen LogP contribution in [0, 0.1) is 0 Å². The van der Waals surface area contributed by atoms with Crippen LogP contribution >= 0.6 is 0 Å². The molecule has 41 heavy (non-hydrogen) atoms. The van der Waals surface area contributed by atoms with Crippen LogP contribution < -0.4 is 4.74 Å². The van der Waals surface area contributed by atoms with E-state index in [1.807, 2.05) is 13.0 Å². The Morgan fingerprint density at radius 3 is 1.95 bits per heavy atom. The van der Waals surface area contributed by atoms with Crippen molar-refractivity contribution in [1.82, 2.24) is 0 Å². The molecule has 2 aromatic carbocycles. The third-order valence-electron chi connectivity index (χ3n) is 7.93. The van der Waals surface area contributed by atoms with Crippen LogP contribution in [0.1, 0.15) is 128 Å². The third-order valence-corrected chi connectivity index (χ3v) is 7.93. The van der Waals surface area contributed by atoms with Crippen molar-refractivity contribution in [3.63, 3.8) is 0 Å². The van der Waals surface area contributed by atoms with Crippen molar-refractivity contribution in [2.45, 2.75) is 136 Å². The minimum absolute atomic E-state index is 0.169. The first-order valence-electron chi connectivity index (χ1n) is 16.7. The van der Waals surface area contributed by atoms with Crippen LogP contribution in [0.15, 0.2) is 54.6 Å². The van der Waals surface area contributed by atoms with Crippen LogP contribution in [0.2, 0.25) is 0 Å². The van der Waals surface area contributed by atoms with Gasteiger partial charge in [0.05, 0.1) is 20.6 Å². The predicted octanol–water partition coefficient (Wildman–Crippen LogP) is 10.0. The van der Waals surface area contributed by atoms with Crippen LogP contribution in [0.5, 0.6) is 5.75 Å². The smallest absolute Gasteiger partial charge is 0.308 e. The molecule has 1 atom stereocenters. The summed E-state index contributed by atoms with van der Waals surface area (Å²) in [6.07, 6.45) is 19.9. The SMILES string of the molecule is CCCCCCCCCCCCCCc1cccc(OC(CC)OC(=O)CCCC[N+](C)(C)Cc2ccccc2)c1. The van der Waals surface area contributed by atoms with Crippen LogP contribution in [0.3, 0.4) is 0 Å². The summed E-state index contributed by atoms with van der Waals surface area (Å²) in [6, 6.07) is 18.9. The van der Waals surface area contributed by atoms with E-state index in [0.29, 0.717) is 12.8 Å². The third kappa shape index (κ3) is 17.3. The molecular weight excluding hydrogens is 506 g/mol. The van der Waals surface area contributed by atoms with Gasteiger partial charge in [-0.15, -0.1) is 0 Å². The van der Waals surface area contributed by atoms with Gasteiger partial charge in [0.15, 0.2) is 0 Å². The molecular formula is C37H60NO3+. The van der Waals surface area contributed by atoms with Gasteiger partial charge in [-0.05, 0) is 43.4 Å². The zero-order valence-electron chi connectivity index (χ0n) is 26.9. The van der Waals surface area contributed by atoms with Gasteiger partial charge in [-0.3, -0.25) is 4.79 Å². The Kier molecular flexibility index (Phi) is 18.2. The number of rotatable bonds is 24. The highest BCUT2D eigenvalue weighted by atomic mass is 16.7. The highest BCUT2D eigenvalue weighted by Crippen LogP contribution is 2.20. The summed E-state index contributed by atoms with van der Waals surface area (Å²) in [4.78, 5) is 12.5. The van der Waals surface area contributed by atoms with Crippen LogP contribution in [0.25, 0.3) is 0 Å². The first-order valence-corrected chi connectivity index (χ1v) is 16.7. The molecule has 0 amide bonds. The van der Waals surface area contributed by atoms with Gasteiger partial charge in [0.2, 0.25) is 6.29 Å². The standard InChI is InChI=1S/C37H60NO3/c1-5-7-8-9-10-11-12-13-14-15-16-18-24-33-27-23-28-35(31-33)40-37(6-2)41-36(39)29-21-22-30-38(3,4)32-34-25-19-17-20-26-34/h17,19-20,23,25-28,31,37H,5-16,18,21-22,24,29-30,32H2,1-4H3/q+1. The highest BCUT2D eigenvalue weighted by Gasteiger charge is 2.17. The number of carbonyl (C=O) groups is 1. The number of carbonyl (C=O) groups excluding carboxylic acids is 1. The van der Waals surface area contributed by atoms with Crippen molar-refractivity contribution in [2.24, 2.45) is 0 Å². The summed E-state index contributed by atoms with van der Waals surface area (Å²) in [5.41, 5.74) is 2.64. The van der Waals surface area contributed by atoms with Crippen LogP contribution in [-0.2, 0) is 22.5 Å². The molecule has 0 fully saturated rings. The largest absolute Gasteiger partial charge is 0.455 e. The fourth-order valence-corrected chi connectivity index (χ4v) is 5.46. The van der Waals surface area contributed by atoms with Crippen LogP contribution in [-0.4, -0.2) is 37.4 Å². The minimum atomic E-state index is -0.533. The van der Waals surface area contributed by atoms with Crippen molar-refractivity contribution >= 4 is 5.97 Å². The maximum Gasteiger partial charge on any atom is 0.308 e. The number of nitrogens with zero attached hydrogens (tertiary/aromatic N) is 1. The van der Waals surface area contributed by atoms with Crippen molar-refractivity contribution in [3.8, 4) is 5.75 Å². The molecule has 230 valence electrons. The summed E-state index contributed by atoms with van der Waals surface area (Å²) in [7, 11) is 4.50. The first-order chi connectivity index (χ1) is 19.9. The van der Waals surface area contributed by atoms with E-state index in [0.717, 1.165) is 42.6 Å². The molecule has 0 saturated carbocycles. The first kappa shape index (κ1) is 34.9.